The van der Waals surface area contributed by atoms with E-state index in [-0.39, 0.29) is 23.9 Å². The first-order valence-electron chi connectivity index (χ1n) is 7.90. The van der Waals surface area contributed by atoms with E-state index in [9.17, 15) is 17.6 Å². The van der Waals surface area contributed by atoms with Crippen LogP contribution in [0.3, 0.4) is 0 Å². The lowest BCUT2D eigenvalue weighted by Gasteiger charge is -2.27. The van der Waals surface area contributed by atoms with Crippen LogP contribution in [0.5, 0.6) is 0 Å². The van der Waals surface area contributed by atoms with Crippen molar-refractivity contribution >= 4 is 15.9 Å². The zero-order valence-corrected chi connectivity index (χ0v) is 14.5. The van der Waals surface area contributed by atoms with Gasteiger partial charge in [0.1, 0.15) is 17.7 Å². The number of likely N-dealkylation sites (N-methyl/N-ethyl adjacent to an activating group) is 1. The van der Waals surface area contributed by atoms with Crippen LogP contribution in [0.15, 0.2) is 41.6 Å². The topological polar surface area (TPSA) is 86.4 Å². The Morgan fingerprint density at radius 1 is 1.40 bits per heavy atom. The molecule has 0 saturated carbocycles. The van der Waals surface area contributed by atoms with Crippen LogP contribution in [0.25, 0.3) is 0 Å². The van der Waals surface area contributed by atoms with Crippen LogP contribution in [0.1, 0.15) is 18.7 Å². The van der Waals surface area contributed by atoms with Crippen molar-refractivity contribution in [2.75, 3.05) is 13.6 Å². The van der Waals surface area contributed by atoms with E-state index in [1.54, 1.807) is 19.4 Å². The predicted octanol–water partition coefficient (Wildman–Crippen LogP) is 1.36. The molecule has 1 aromatic carbocycles. The number of H-pyrrole nitrogens is 1. The summed E-state index contributed by atoms with van der Waals surface area (Å²) in [6.07, 6.45) is 4.32. The molecule has 0 spiro atoms. The number of amides is 1. The van der Waals surface area contributed by atoms with Crippen molar-refractivity contribution < 1.29 is 17.6 Å². The minimum Gasteiger partial charge on any atom is -0.347 e. The number of nitrogens with zero attached hydrogens (tertiary/aromatic N) is 3. The van der Waals surface area contributed by atoms with Crippen LogP contribution in [0.4, 0.5) is 4.39 Å². The lowest BCUT2D eigenvalue weighted by atomic mass is 10.2. The minimum absolute atomic E-state index is 0.0118. The highest BCUT2D eigenvalue weighted by atomic mass is 32.2. The van der Waals surface area contributed by atoms with Crippen LogP contribution < -0.4 is 0 Å². The quantitative estimate of drug-likeness (QED) is 0.866. The smallest absolute Gasteiger partial charge is 0.243 e. The maximum absolute atomic E-state index is 13.1. The number of aromatic amines is 1. The average Bonchev–Trinajstić information content (AvgIpc) is 3.26. The Morgan fingerprint density at radius 3 is 2.76 bits per heavy atom. The number of rotatable bonds is 5. The Labute approximate surface area is 145 Å². The van der Waals surface area contributed by atoms with Crippen molar-refractivity contribution in [1.82, 2.24) is 19.2 Å². The number of benzene rings is 1. The van der Waals surface area contributed by atoms with E-state index in [0.29, 0.717) is 18.7 Å². The van der Waals surface area contributed by atoms with Gasteiger partial charge in [-0.2, -0.15) is 4.31 Å². The van der Waals surface area contributed by atoms with Gasteiger partial charge in [0, 0.05) is 26.0 Å². The number of nitrogens with one attached hydrogen (secondary N) is 1. The molecule has 1 N–H and O–H groups in total. The van der Waals surface area contributed by atoms with Gasteiger partial charge in [0.15, 0.2) is 0 Å². The van der Waals surface area contributed by atoms with Crippen LogP contribution in [0.2, 0.25) is 0 Å². The van der Waals surface area contributed by atoms with Gasteiger partial charge >= 0.3 is 0 Å². The summed E-state index contributed by atoms with van der Waals surface area (Å²) >= 11 is 0. The monoisotopic (exact) mass is 366 g/mol. The molecular formula is C16H19FN4O3S. The Kier molecular flexibility index (Phi) is 4.87. The van der Waals surface area contributed by atoms with Crippen LogP contribution in [0, 0.1) is 5.82 Å². The molecule has 0 radical (unpaired) electrons. The summed E-state index contributed by atoms with van der Waals surface area (Å²) in [5.41, 5.74) is 0. The molecule has 1 fully saturated rings. The van der Waals surface area contributed by atoms with E-state index >= 15 is 0 Å². The Balaban J connectivity index is 1.79. The minimum atomic E-state index is -3.85. The molecule has 1 unspecified atom stereocenters. The number of halogens is 1. The zero-order valence-electron chi connectivity index (χ0n) is 13.7. The molecule has 7 nitrogen and oxygen atoms in total. The molecule has 1 aliphatic heterocycles. The van der Waals surface area contributed by atoms with Crippen LogP contribution in [-0.2, 0) is 21.4 Å². The molecule has 1 atom stereocenters. The lowest BCUT2D eigenvalue weighted by molar-refractivity contribution is -0.133. The van der Waals surface area contributed by atoms with Crippen LogP contribution >= 0.6 is 0 Å². The first-order chi connectivity index (χ1) is 11.9. The molecule has 2 heterocycles. The molecule has 1 aromatic heterocycles. The molecular weight excluding hydrogens is 347 g/mol. The van der Waals surface area contributed by atoms with Gasteiger partial charge in [0.25, 0.3) is 0 Å². The highest BCUT2D eigenvalue weighted by Gasteiger charge is 2.40. The summed E-state index contributed by atoms with van der Waals surface area (Å²) in [6, 6.07) is 3.88. The Hall–Kier alpha value is -2.26. The van der Waals surface area contributed by atoms with Gasteiger partial charge in [-0.3, -0.25) is 4.79 Å². The molecule has 3 rings (SSSR count). The number of hydrogen-bond acceptors (Lipinski definition) is 4. The maximum atomic E-state index is 13.1. The summed E-state index contributed by atoms with van der Waals surface area (Å²) in [6.45, 7) is 0.539. The second-order valence-corrected chi connectivity index (χ2v) is 7.85. The molecule has 0 bridgehead atoms. The average molecular weight is 366 g/mol. The number of hydrogen-bond donors (Lipinski definition) is 1. The van der Waals surface area contributed by atoms with Crippen molar-refractivity contribution in [3.63, 3.8) is 0 Å². The van der Waals surface area contributed by atoms with Gasteiger partial charge in [-0.05, 0) is 37.1 Å². The van der Waals surface area contributed by atoms with E-state index in [0.717, 1.165) is 12.1 Å². The van der Waals surface area contributed by atoms with E-state index in [2.05, 4.69) is 9.97 Å². The number of sulfonamides is 1. The fourth-order valence-corrected chi connectivity index (χ4v) is 4.61. The third-order valence-corrected chi connectivity index (χ3v) is 6.15. The second kappa shape index (κ2) is 6.93. The molecule has 25 heavy (non-hydrogen) atoms. The maximum Gasteiger partial charge on any atom is 0.243 e. The number of imidazole rings is 1. The highest BCUT2D eigenvalue weighted by Crippen LogP contribution is 2.27. The fourth-order valence-electron chi connectivity index (χ4n) is 2.96. The van der Waals surface area contributed by atoms with E-state index in [4.69, 9.17) is 0 Å². The molecule has 1 saturated heterocycles. The van der Waals surface area contributed by atoms with Crippen molar-refractivity contribution in [2.45, 2.75) is 30.3 Å². The van der Waals surface area contributed by atoms with E-state index < -0.39 is 21.9 Å². The highest BCUT2D eigenvalue weighted by molar-refractivity contribution is 7.89. The van der Waals surface area contributed by atoms with Gasteiger partial charge in [-0.1, -0.05) is 0 Å². The first kappa shape index (κ1) is 17.6. The molecule has 134 valence electrons. The second-order valence-electron chi connectivity index (χ2n) is 5.96. The third-order valence-electron chi connectivity index (χ3n) is 4.23. The molecule has 2 aromatic rings. The normalized spacial score (nSPS) is 18.4. The molecule has 1 aliphatic rings. The Morgan fingerprint density at radius 2 is 2.12 bits per heavy atom. The Bertz CT molecular complexity index is 837. The standard InChI is InChI=1S/C16H19FN4O3S/c1-20(11-15-18-8-9-19-15)16(22)14-3-2-10-21(14)25(23,24)13-6-4-12(17)5-7-13/h4-9,14H,2-3,10-11H2,1H3,(H,18,19). The van der Waals surface area contributed by atoms with Crippen molar-refractivity contribution in [3.05, 3.63) is 48.3 Å². The van der Waals surface area contributed by atoms with Gasteiger partial charge in [-0.15, -0.1) is 0 Å². The molecule has 9 heteroatoms. The van der Waals surface area contributed by atoms with E-state index in [1.165, 1.54) is 21.3 Å². The fraction of sp³-hybridized carbons (Fsp3) is 0.375. The third kappa shape index (κ3) is 3.57. The SMILES string of the molecule is CN(Cc1ncc[nH]1)C(=O)C1CCCN1S(=O)(=O)c1ccc(F)cc1. The number of aromatic nitrogens is 2. The largest absolute Gasteiger partial charge is 0.347 e. The zero-order chi connectivity index (χ0) is 18.0. The van der Waals surface area contributed by atoms with Crippen molar-refractivity contribution in [1.29, 1.82) is 0 Å². The predicted molar refractivity (Wildman–Crippen MR) is 88.4 cm³/mol. The van der Waals surface area contributed by atoms with Gasteiger partial charge in [0.05, 0.1) is 11.4 Å². The number of carbonyl (C=O) groups excluding carboxylic acids is 1. The van der Waals surface area contributed by atoms with Gasteiger partial charge < -0.3 is 9.88 Å². The summed E-state index contributed by atoms with van der Waals surface area (Å²) in [5.74, 6) is -0.160. The van der Waals surface area contributed by atoms with Gasteiger partial charge in [0.2, 0.25) is 15.9 Å². The van der Waals surface area contributed by atoms with Crippen molar-refractivity contribution in [2.24, 2.45) is 0 Å². The molecule has 1 amide bonds. The summed E-state index contributed by atoms with van der Waals surface area (Å²) < 4.78 is 39.9. The number of carbonyl (C=O) groups is 1. The molecule has 0 aliphatic carbocycles. The van der Waals surface area contributed by atoms with Gasteiger partial charge in [-0.25, -0.2) is 17.8 Å². The van der Waals surface area contributed by atoms with E-state index in [1.807, 2.05) is 0 Å². The first-order valence-corrected chi connectivity index (χ1v) is 9.34. The summed E-state index contributed by atoms with van der Waals surface area (Å²) in [7, 11) is -2.23. The lowest BCUT2D eigenvalue weighted by Crippen LogP contribution is -2.46. The summed E-state index contributed by atoms with van der Waals surface area (Å²) in [5, 5.41) is 0. The van der Waals surface area contributed by atoms with Crippen molar-refractivity contribution in [3.8, 4) is 0 Å². The van der Waals surface area contributed by atoms with Crippen LogP contribution in [-0.4, -0.2) is 53.1 Å². The summed E-state index contributed by atoms with van der Waals surface area (Å²) in [4.78, 5) is 21.2.